The molecule has 0 aliphatic heterocycles. The maximum absolute atomic E-state index is 4.49. The van der Waals surface area contributed by atoms with Crippen molar-refractivity contribution in [2.24, 2.45) is 28.2 Å². The molecule has 326 valence electrons. The lowest BCUT2D eigenvalue weighted by Crippen LogP contribution is -2.11. The zero-order valence-corrected chi connectivity index (χ0v) is 41.7. The lowest BCUT2D eigenvalue weighted by molar-refractivity contribution is 0.590. The molecule has 0 amide bonds. The van der Waals surface area contributed by atoms with Crippen molar-refractivity contribution in [3.63, 3.8) is 0 Å². The zero-order valence-electron chi connectivity index (χ0n) is 41.7. The Morgan fingerprint density at radius 3 is 1.39 bits per heavy atom. The summed E-state index contributed by atoms with van der Waals surface area (Å²) in [6.07, 6.45) is 6.20. The van der Waals surface area contributed by atoms with Gasteiger partial charge in [0.2, 0.25) is 0 Å². The van der Waals surface area contributed by atoms with Crippen LogP contribution in [0.1, 0.15) is 133 Å². The van der Waals surface area contributed by atoms with E-state index in [-0.39, 0.29) is 21.7 Å². The summed E-state index contributed by atoms with van der Waals surface area (Å²) in [5.41, 5.74) is 18.1. The van der Waals surface area contributed by atoms with Gasteiger partial charge >= 0.3 is 0 Å². The molecule has 0 unspecified atom stereocenters. The van der Waals surface area contributed by atoms with Gasteiger partial charge in [-0.25, -0.2) is 0 Å². The minimum Gasteiger partial charge on any atom is -0.351 e. The molecule has 8 aromatic rings. The summed E-state index contributed by atoms with van der Waals surface area (Å²) in [6.45, 7) is 37.8. The van der Waals surface area contributed by atoms with Crippen molar-refractivity contribution in [1.82, 2.24) is 28.7 Å². The first-order valence-electron chi connectivity index (χ1n) is 22.0. The molecular weight excluding hydrogens is 745 g/mol. The van der Waals surface area contributed by atoms with Gasteiger partial charge in [0.05, 0.1) is 28.4 Å². The Morgan fingerprint density at radius 2 is 0.852 bits per heavy atom. The Morgan fingerprint density at radius 1 is 0.410 bits per heavy atom. The van der Waals surface area contributed by atoms with Crippen LogP contribution in [-0.4, -0.2) is 28.7 Å². The molecule has 0 N–H and O–H groups in total. The summed E-state index contributed by atoms with van der Waals surface area (Å²) >= 11 is 0. The number of aromatic nitrogens is 6. The minimum atomic E-state index is 0.196. The highest BCUT2D eigenvalue weighted by Gasteiger charge is 2.20. The Labute approximate surface area is 368 Å². The van der Waals surface area contributed by atoms with Crippen LogP contribution in [0.2, 0.25) is 0 Å². The van der Waals surface area contributed by atoms with Gasteiger partial charge in [-0.05, 0) is 137 Å². The second kappa shape index (κ2) is 17.0. The van der Waals surface area contributed by atoms with Crippen molar-refractivity contribution in [2.45, 2.75) is 139 Å². The quantitative estimate of drug-likeness (QED) is 0.153. The van der Waals surface area contributed by atoms with Crippen LogP contribution in [-0.2, 0) is 49.9 Å². The SMILES string of the molecule is Cc1cc(C(C)(C)C)cc2c1ccn2C.Cc1cc(C(C)(C)C)cc2c1cnn2C.Cc1cc(C(C)(C)C)cc2ccn(C)c12.Cc1nn(C)c2c(C)cc(C(C)(C)C)cc12. The molecule has 0 aliphatic rings. The zero-order chi connectivity index (χ0) is 45.7. The molecule has 0 fully saturated rings. The van der Waals surface area contributed by atoms with Crippen LogP contribution in [0, 0.1) is 34.6 Å². The third-order valence-corrected chi connectivity index (χ3v) is 12.2. The van der Waals surface area contributed by atoms with Gasteiger partial charge in [0.25, 0.3) is 0 Å². The highest BCUT2D eigenvalue weighted by Crippen LogP contribution is 2.32. The summed E-state index contributed by atoms with van der Waals surface area (Å²) in [5, 5.41) is 14.0. The predicted octanol–water partition coefficient (Wildman–Crippen LogP) is 14.2. The second-order valence-electron chi connectivity index (χ2n) is 21.7. The monoisotopic (exact) mass is 821 g/mol. The Kier molecular flexibility index (Phi) is 13.1. The number of aryl methyl sites for hydroxylation is 9. The van der Waals surface area contributed by atoms with Crippen molar-refractivity contribution in [2.75, 3.05) is 0 Å². The van der Waals surface area contributed by atoms with Gasteiger partial charge in [0.1, 0.15) is 0 Å². The first kappa shape index (κ1) is 47.0. The molecule has 61 heavy (non-hydrogen) atoms. The fourth-order valence-corrected chi connectivity index (χ4v) is 8.21. The highest BCUT2D eigenvalue weighted by molar-refractivity contribution is 5.87. The minimum absolute atomic E-state index is 0.196. The van der Waals surface area contributed by atoms with Crippen LogP contribution < -0.4 is 0 Å². The van der Waals surface area contributed by atoms with Gasteiger partial charge in [0.15, 0.2) is 0 Å². The third kappa shape index (κ3) is 10.3. The van der Waals surface area contributed by atoms with E-state index < -0.39 is 0 Å². The van der Waals surface area contributed by atoms with Crippen LogP contribution in [0.4, 0.5) is 0 Å². The molecule has 4 aromatic heterocycles. The number of hydrogen-bond donors (Lipinski definition) is 0. The van der Waals surface area contributed by atoms with Crippen LogP contribution in [0.5, 0.6) is 0 Å². The van der Waals surface area contributed by atoms with Gasteiger partial charge in [-0.3, -0.25) is 9.36 Å². The van der Waals surface area contributed by atoms with Crippen LogP contribution in [0.25, 0.3) is 43.6 Å². The molecule has 0 spiro atoms. The van der Waals surface area contributed by atoms with Crippen LogP contribution >= 0.6 is 0 Å². The summed E-state index contributed by atoms with van der Waals surface area (Å²) in [5.74, 6) is 0. The summed E-state index contributed by atoms with van der Waals surface area (Å²) in [4.78, 5) is 0. The standard InChI is InChI=1S/C14H20N2.2C14H19N.C13H18N2/c1-9-7-11(14(3,4)5)8-12-10(2)15-16(6)13(9)12;1-10-8-11(14(2,3)4)9-13-12(10)6-7-15(13)5;1-10-8-12(14(2,3)4)9-11-6-7-15(5)13(10)11;1-9-6-10(13(2,3)4)7-12-11(9)8-14-15(12)5/h7-8H,1-6H3;2*6-9H,1-5H3;6-8H,1-5H3. The summed E-state index contributed by atoms with van der Waals surface area (Å²) in [6, 6.07) is 22.7. The molecule has 8 rings (SSSR count). The van der Waals surface area contributed by atoms with Crippen molar-refractivity contribution in [3.05, 3.63) is 129 Å². The molecule has 0 bridgehead atoms. The molecule has 6 nitrogen and oxygen atoms in total. The lowest BCUT2D eigenvalue weighted by atomic mass is 9.85. The Balaban J connectivity index is 0.000000154. The van der Waals surface area contributed by atoms with Crippen molar-refractivity contribution in [1.29, 1.82) is 0 Å². The number of fused-ring (bicyclic) bond motifs is 4. The first-order chi connectivity index (χ1) is 28.0. The van der Waals surface area contributed by atoms with Gasteiger partial charge in [-0.2, -0.15) is 10.2 Å². The lowest BCUT2D eigenvalue weighted by Gasteiger charge is -2.20. The van der Waals surface area contributed by atoms with Crippen molar-refractivity contribution < 1.29 is 0 Å². The third-order valence-electron chi connectivity index (χ3n) is 12.2. The van der Waals surface area contributed by atoms with E-state index in [1.807, 2.05) is 29.7 Å². The molecule has 6 heteroatoms. The van der Waals surface area contributed by atoms with E-state index >= 15 is 0 Å². The predicted molar refractivity (Wildman–Crippen MR) is 266 cm³/mol. The van der Waals surface area contributed by atoms with E-state index in [4.69, 9.17) is 0 Å². The average Bonchev–Trinajstić information content (AvgIpc) is 3.89. The molecule has 4 aromatic carbocycles. The van der Waals surface area contributed by atoms with Crippen molar-refractivity contribution >= 4 is 43.6 Å². The van der Waals surface area contributed by atoms with E-state index in [0.29, 0.717) is 0 Å². The number of hydrogen-bond acceptors (Lipinski definition) is 2. The molecule has 0 atom stereocenters. The molecule has 0 saturated heterocycles. The van der Waals surface area contributed by atoms with E-state index in [2.05, 4.69) is 224 Å². The highest BCUT2D eigenvalue weighted by atomic mass is 15.3. The van der Waals surface area contributed by atoms with Gasteiger partial charge < -0.3 is 9.13 Å². The molecule has 0 saturated carbocycles. The average molecular weight is 821 g/mol. The molecule has 4 heterocycles. The molecule has 0 radical (unpaired) electrons. The summed E-state index contributed by atoms with van der Waals surface area (Å²) in [7, 11) is 8.22. The van der Waals surface area contributed by atoms with Gasteiger partial charge in [-0.1, -0.05) is 107 Å². The fourth-order valence-electron chi connectivity index (χ4n) is 8.21. The maximum atomic E-state index is 4.49. The Bertz CT molecular complexity index is 2720. The van der Waals surface area contributed by atoms with E-state index in [1.165, 1.54) is 88.1 Å². The van der Waals surface area contributed by atoms with Crippen molar-refractivity contribution in [3.8, 4) is 0 Å². The van der Waals surface area contributed by atoms with Crippen LogP contribution in [0.15, 0.2) is 79.3 Å². The van der Waals surface area contributed by atoms with E-state index in [0.717, 1.165) is 5.69 Å². The fraction of sp³-hybridized carbons (Fsp3) is 0.455. The number of rotatable bonds is 0. The maximum Gasteiger partial charge on any atom is 0.0711 e. The topological polar surface area (TPSA) is 45.5 Å². The Hall–Kier alpha value is -5.10. The van der Waals surface area contributed by atoms with E-state index in [9.17, 15) is 0 Å². The van der Waals surface area contributed by atoms with Gasteiger partial charge in [-0.15, -0.1) is 0 Å². The van der Waals surface area contributed by atoms with Gasteiger partial charge in [0, 0.05) is 67.6 Å². The van der Waals surface area contributed by atoms with E-state index in [1.54, 1.807) is 0 Å². The molecular formula is C55H76N6. The first-order valence-corrected chi connectivity index (χ1v) is 22.0. The van der Waals surface area contributed by atoms with Crippen LogP contribution in [0.3, 0.4) is 0 Å². The largest absolute Gasteiger partial charge is 0.351 e. The smallest absolute Gasteiger partial charge is 0.0711 e. The summed E-state index contributed by atoms with van der Waals surface area (Å²) < 4.78 is 8.30. The second-order valence-corrected chi connectivity index (χ2v) is 21.7. The number of benzene rings is 4. The normalized spacial score (nSPS) is 12.3. The number of nitrogens with zero attached hydrogens (tertiary/aromatic N) is 6. The molecule has 0 aliphatic carbocycles.